The van der Waals surface area contributed by atoms with Gasteiger partial charge in [0, 0.05) is 0 Å². The fourth-order valence-corrected chi connectivity index (χ4v) is 1.50. The molecule has 2 rings (SSSR count). The van der Waals surface area contributed by atoms with Gasteiger partial charge in [-0.3, -0.25) is 0 Å². The molecule has 0 saturated heterocycles. The third kappa shape index (κ3) is 2.85. The summed E-state index contributed by atoms with van der Waals surface area (Å²) in [6.07, 6.45) is 0. The Kier molecular flexibility index (Phi) is 3.57. The van der Waals surface area contributed by atoms with Gasteiger partial charge in [-0.2, -0.15) is 0 Å². The first-order valence-corrected chi connectivity index (χ1v) is 5.61. The minimum atomic E-state index is 0.116. The van der Waals surface area contributed by atoms with Gasteiger partial charge >= 0.3 is 5.09 Å². The van der Waals surface area contributed by atoms with E-state index in [2.05, 4.69) is 0 Å². The van der Waals surface area contributed by atoms with E-state index in [-0.39, 0.29) is 5.09 Å². The van der Waals surface area contributed by atoms with E-state index in [1.807, 2.05) is 38.1 Å². The maximum absolute atomic E-state index is 11.6. The minimum Gasteiger partial charge on any atom is -0.144 e. The molecule has 0 unspecified atom stereocenters. The van der Waals surface area contributed by atoms with Crippen LogP contribution >= 0.6 is 0 Å². The molecule has 2 aromatic rings. The lowest BCUT2D eigenvalue weighted by molar-refractivity contribution is -0.920. The van der Waals surface area contributed by atoms with Gasteiger partial charge in [0.05, 0.1) is 0 Å². The van der Waals surface area contributed by atoms with E-state index in [0.717, 1.165) is 11.1 Å². The zero-order chi connectivity index (χ0) is 13.0. The third-order valence-corrected chi connectivity index (χ3v) is 2.53. The van der Waals surface area contributed by atoms with Crippen molar-refractivity contribution in [1.29, 1.82) is 0 Å². The molecule has 0 N–H and O–H groups in total. The molecule has 2 aromatic carbocycles. The molecule has 0 aliphatic rings. The summed E-state index contributed by atoms with van der Waals surface area (Å²) in [6.45, 7) is 3.72. The molecular formula is C14H14NO3+. The number of nitrogens with zero attached hydrogens (tertiary/aromatic N) is 1. The van der Waals surface area contributed by atoms with Crippen LogP contribution in [0.1, 0.15) is 11.1 Å². The molecule has 0 bridgehead atoms. The standard InChI is InChI=1S/C14H14NO3/c1-11-7-3-5-9-13(11)17-15(16)18-14-10-6-4-8-12(14)2/h3-10H,1-2H3/q+1. The molecule has 0 fully saturated rings. The van der Waals surface area contributed by atoms with Gasteiger partial charge < -0.3 is 0 Å². The molecule has 18 heavy (non-hydrogen) atoms. The van der Waals surface area contributed by atoms with Gasteiger partial charge in [0.1, 0.15) is 4.91 Å². The third-order valence-electron chi connectivity index (χ3n) is 2.53. The van der Waals surface area contributed by atoms with E-state index in [0.29, 0.717) is 11.5 Å². The van der Waals surface area contributed by atoms with Crippen LogP contribution in [0, 0.1) is 18.8 Å². The highest BCUT2D eigenvalue weighted by Gasteiger charge is 2.18. The highest BCUT2D eigenvalue weighted by Crippen LogP contribution is 2.19. The van der Waals surface area contributed by atoms with Gasteiger partial charge in [0.15, 0.2) is 0 Å². The molecule has 0 spiro atoms. The van der Waals surface area contributed by atoms with Gasteiger partial charge in [-0.05, 0) is 37.1 Å². The van der Waals surface area contributed by atoms with Crippen molar-refractivity contribution in [2.45, 2.75) is 13.8 Å². The van der Waals surface area contributed by atoms with E-state index in [1.54, 1.807) is 24.3 Å². The predicted octanol–water partition coefficient (Wildman–Crippen LogP) is 3.37. The van der Waals surface area contributed by atoms with Crippen LogP contribution in [0.25, 0.3) is 0 Å². The van der Waals surface area contributed by atoms with Gasteiger partial charge in [0.25, 0.3) is 0 Å². The highest BCUT2D eigenvalue weighted by molar-refractivity contribution is 5.32. The van der Waals surface area contributed by atoms with Gasteiger partial charge in [0.2, 0.25) is 11.5 Å². The van der Waals surface area contributed by atoms with Crippen molar-refractivity contribution in [1.82, 2.24) is 0 Å². The van der Waals surface area contributed by atoms with Crippen LogP contribution in [0.3, 0.4) is 0 Å². The Labute approximate surface area is 105 Å². The zero-order valence-electron chi connectivity index (χ0n) is 10.3. The highest BCUT2D eigenvalue weighted by atomic mass is 17.0. The van der Waals surface area contributed by atoms with E-state index in [1.165, 1.54) is 0 Å². The molecule has 0 aliphatic heterocycles. The maximum atomic E-state index is 11.6. The van der Waals surface area contributed by atoms with Crippen LogP contribution in [0.5, 0.6) is 11.5 Å². The molecular weight excluding hydrogens is 230 g/mol. The first-order chi connectivity index (χ1) is 8.66. The second-order valence-electron chi connectivity index (χ2n) is 3.94. The van der Waals surface area contributed by atoms with Crippen LogP contribution in [0.2, 0.25) is 0 Å². The van der Waals surface area contributed by atoms with Crippen molar-refractivity contribution in [3.8, 4) is 11.5 Å². The molecule has 0 aromatic heterocycles. The lowest BCUT2D eigenvalue weighted by Crippen LogP contribution is -2.18. The second kappa shape index (κ2) is 5.31. The quantitative estimate of drug-likeness (QED) is 0.774. The number of para-hydroxylation sites is 2. The Morgan fingerprint density at radius 2 is 1.17 bits per heavy atom. The van der Waals surface area contributed by atoms with Crippen molar-refractivity contribution in [2.24, 2.45) is 0 Å². The molecule has 4 heteroatoms. The Balaban J connectivity index is 2.06. The fourth-order valence-electron chi connectivity index (χ4n) is 1.50. The summed E-state index contributed by atoms with van der Waals surface area (Å²) in [5, 5.41) is 0.116. The lowest BCUT2D eigenvalue weighted by Gasteiger charge is -1.99. The van der Waals surface area contributed by atoms with Crippen molar-refractivity contribution in [3.05, 3.63) is 64.6 Å². The largest absolute Gasteiger partial charge is 0.489 e. The molecule has 0 amide bonds. The van der Waals surface area contributed by atoms with Crippen molar-refractivity contribution < 1.29 is 14.8 Å². The van der Waals surface area contributed by atoms with Gasteiger partial charge in [-0.25, -0.2) is 0 Å². The topological polar surface area (TPSA) is 38.5 Å². The van der Waals surface area contributed by atoms with Crippen molar-refractivity contribution >= 4 is 0 Å². The summed E-state index contributed by atoms with van der Waals surface area (Å²) >= 11 is 0. The molecule has 0 atom stereocenters. The van der Waals surface area contributed by atoms with Crippen molar-refractivity contribution in [2.75, 3.05) is 0 Å². The fraction of sp³-hybridized carbons (Fsp3) is 0.143. The van der Waals surface area contributed by atoms with Crippen LogP contribution in [0.4, 0.5) is 0 Å². The Morgan fingerprint density at radius 3 is 1.56 bits per heavy atom. The SMILES string of the molecule is Cc1ccccc1O[N+](=O)Oc1ccccc1C. The summed E-state index contributed by atoms with van der Waals surface area (Å²) < 4.78 is 0. The smallest absolute Gasteiger partial charge is 0.144 e. The number of rotatable bonds is 4. The molecule has 0 aliphatic carbocycles. The van der Waals surface area contributed by atoms with Crippen LogP contribution < -0.4 is 9.68 Å². The maximum Gasteiger partial charge on any atom is 0.489 e. The van der Waals surface area contributed by atoms with Gasteiger partial charge in [-0.1, -0.05) is 36.4 Å². The average molecular weight is 244 g/mol. The van der Waals surface area contributed by atoms with Crippen LogP contribution in [0.15, 0.2) is 48.5 Å². The Hall–Kier alpha value is -2.36. The Bertz CT molecular complexity index is 517. The summed E-state index contributed by atoms with van der Waals surface area (Å²) in [4.78, 5) is 21.7. The van der Waals surface area contributed by atoms with Crippen molar-refractivity contribution in [3.63, 3.8) is 0 Å². The number of aryl methyl sites for hydroxylation is 2. The van der Waals surface area contributed by atoms with Gasteiger partial charge in [-0.15, -0.1) is 9.68 Å². The second-order valence-corrected chi connectivity index (χ2v) is 3.94. The molecule has 0 radical (unpaired) electrons. The summed E-state index contributed by atoms with van der Waals surface area (Å²) in [5.74, 6) is 0.946. The predicted molar refractivity (Wildman–Crippen MR) is 67.2 cm³/mol. The van der Waals surface area contributed by atoms with E-state index in [9.17, 15) is 4.91 Å². The number of hydrogen-bond donors (Lipinski definition) is 0. The van der Waals surface area contributed by atoms with E-state index >= 15 is 0 Å². The molecule has 4 nitrogen and oxygen atoms in total. The van der Waals surface area contributed by atoms with Crippen LogP contribution in [-0.4, -0.2) is 5.09 Å². The van der Waals surface area contributed by atoms with E-state index in [4.69, 9.17) is 9.68 Å². The Morgan fingerprint density at radius 1 is 0.778 bits per heavy atom. The number of benzene rings is 2. The molecule has 0 heterocycles. The molecule has 0 saturated carbocycles. The first kappa shape index (κ1) is 12.1. The monoisotopic (exact) mass is 244 g/mol. The molecule has 92 valence electrons. The first-order valence-electron chi connectivity index (χ1n) is 5.61. The van der Waals surface area contributed by atoms with Crippen LogP contribution in [-0.2, 0) is 0 Å². The van der Waals surface area contributed by atoms with E-state index < -0.39 is 0 Å². The zero-order valence-corrected chi connectivity index (χ0v) is 10.3. The normalized spacial score (nSPS) is 9.89. The summed E-state index contributed by atoms with van der Waals surface area (Å²) in [6, 6.07) is 14.5. The summed E-state index contributed by atoms with van der Waals surface area (Å²) in [7, 11) is 0. The number of hydrogen-bond acceptors (Lipinski definition) is 3. The minimum absolute atomic E-state index is 0.116. The average Bonchev–Trinajstić information content (AvgIpc) is 2.35. The summed E-state index contributed by atoms with van der Waals surface area (Å²) in [5.41, 5.74) is 1.73. The lowest BCUT2D eigenvalue weighted by atomic mass is 10.2.